The number of hydrogen-bond acceptors (Lipinski definition) is 5. The molecule has 1 aliphatic rings. The van der Waals surface area contributed by atoms with Crippen LogP contribution in [0.2, 0.25) is 0 Å². The zero-order valence-corrected chi connectivity index (χ0v) is 15.6. The highest BCUT2D eigenvalue weighted by Gasteiger charge is 2.31. The molecule has 1 amide bonds. The molecular weight excluding hydrogens is 324 g/mol. The van der Waals surface area contributed by atoms with Gasteiger partial charge in [0.1, 0.15) is 5.69 Å². The Morgan fingerprint density at radius 2 is 1.76 bits per heavy atom. The van der Waals surface area contributed by atoms with Crippen LogP contribution in [-0.4, -0.2) is 58.9 Å². The molecule has 0 aromatic carbocycles. The van der Waals surface area contributed by atoms with E-state index in [1.807, 2.05) is 13.8 Å². The van der Waals surface area contributed by atoms with Gasteiger partial charge in [-0.3, -0.25) is 9.59 Å². The average Bonchev–Trinajstić information content (AvgIpc) is 2.80. The zero-order valence-electron chi connectivity index (χ0n) is 15.6. The van der Waals surface area contributed by atoms with Gasteiger partial charge in [-0.2, -0.15) is 0 Å². The number of rotatable bonds is 4. The molecule has 2 heterocycles. The molecule has 1 fully saturated rings. The number of hydrogen-bond donors (Lipinski definition) is 1. The highest BCUT2D eigenvalue weighted by atomic mass is 16.5. The minimum absolute atomic E-state index is 0.0537. The van der Waals surface area contributed by atoms with E-state index in [4.69, 9.17) is 9.47 Å². The molecule has 25 heavy (non-hydrogen) atoms. The molecule has 1 saturated heterocycles. The van der Waals surface area contributed by atoms with E-state index in [0.717, 1.165) is 0 Å². The van der Waals surface area contributed by atoms with Crippen molar-refractivity contribution in [2.45, 2.75) is 59.9 Å². The molecular formula is C18H26N2O5. The van der Waals surface area contributed by atoms with Crippen molar-refractivity contribution in [2.75, 3.05) is 13.1 Å². The normalized spacial score (nSPS) is 21.8. The minimum Gasteiger partial charge on any atom is -0.448 e. The lowest BCUT2D eigenvalue weighted by Gasteiger charge is -2.36. The van der Waals surface area contributed by atoms with Crippen molar-refractivity contribution in [1.82, 2.24) is 9.88 Å². The van der Waals surface area contributed by atoms with Crippen molar-refractivity contribution < 1.29 is 23.9 Å². The van der Waals surface area contributed by atoms with Crippen LogP contribution in [0.15, 0.2) is 0 Å². The first-order chi connectivity index (χ1) is 11.6. The van der Waals surface area contributed by atoms with E-state index in [1.54, 1.807) is 25.7 Å². The average molecular weight is 350 g/mol. The number of ether oxygens (including phenoxy) is 2. The number of aromatic nitrogens is 1. The SMILES string of the molecule is CC(=O)c1c(C)[nH]c(C(=O)O[C@@H](C)C(=O)N2C[C@@H](C)O[C@@H](C)C2)c1C. The number of amides is 1. The van der Waals surface area contributed by atoms with Crippen LogP contribution in [0, 0.1) is 13.8 Å². The Kier molecular flexibility index (Phi) is 5.67. The molecule has 3 atom stereocenters. The summed E-state index contributed by atoms with van der Waals surface area (Å²) >= 11 is 0. The van der Waals surface area contributed by atoms with Crippen LogP contribution in [-0.2, 0) is 14.3 Å². The van der Waals surface area contributed by atoms with Crippen LogP contribution in [0.5, 0.6) is 0 Å². The number of morpholine rings is 1. The van der Waals surface area contributed by atoms with Crippen LogP contribution < -0.4 is 0 Å². The van der Waals surface area contributed by atoms with Crippen LogP contribution in [0.4, 0.5) is 0 Å². The first-order valence-electron chi connectivity index (χ1n) is 8.47. The number of ketones is 1. The molecule has 1 N–H and O–H groups in total. The molecule has 7 heteroatoms. The van der Waals surface area contributed by atoms with E-state index in [2.05, 4.69) is 4.98 Å². The van der Waals surface area contributed by atoms with Crippen LogP contribution in [0.25, 0.3) is 0 Å². The smallest absolute Gasteiger partial charge is 0.355 e. The van der Waals surface area contributed by atoms with Gasteiger partial charge >= 0.3 is 5.97 Å². The maximum Gasteiger partial charge on any atom is 0.355 e. The number of aryl methyl sites for hydroxylation is 1. The predicted molar refractivity (Wildman–Crippen MR) is 91.7 cm³/mol. The first kappa shape index (κ1) is 19.2. The molecule has 7 nitrogen and oxygen atoms in total. The third kappa shape index (κ3) is 4.10. The number of nitrogens with one attached hydrogen (secondary N) is 1. The van der Waals surface area contributed by atoms with E-state index < -0.39 is 12.1 Å². The minimum atomic E-state index is -0.909. The molecule has 1 aliphatic heterocycles. The largest absolute Gasteiger partial charge is 0.448 e. The number of esters is 1. The van der Waals surface area contributed by atoms with Gasteiger partial charge in [0.05, 0.1) is 12.2 Å². The summed E-state index contributed by atoms with van der Waals surface area (Å²) in [6.45, 7) is 11.2. The highest BCUT2D eigenvalue weighted by molar-refractivity contribution is 6.01. The molecule has 0 radical (unpaired) electrons. The summed E-state index contributed by atoms with van der Waals surface area (Å²) < 4.78 is 10.9. The Morgan fingerprint density at radius 3 is 2.24 bits per heavy atom. The third-order valence-electron chi connectivity index (χ3n) is 4.36. The molecule has 0 spiro atoms. The van der Waals surface area contributed by atoms with E-state index in [9.17, 15) is 14.4 Å². The Labute approximate surface area is 147 Å². The van der Waals surface area contributed by atoms with Crippen molar-refractivity contribution in [1.29, 1.82) is 0 Å². The second-order valence-corrected chi connectivity index (χ2v) is 6.73. The fraction of sp³-hybridized carbons (Fsp3) is 0.611. The molecule has 0 bridgehead atoms. The molecule has 2 rings (SSSR count). The number of H-pyrrole nitrogens is 1. The fourth-order valence-corrected chi connectivity index (χ4v) is 3.37. The van der Waals surface area contributed by atoms with Crippen molar-refractivity contribution in [2.24, 2.45) is 0 Å². The van der Waals surface area contributed by atoms with Crippen LogP contribution >= 0.6 is 0 Å². The van der Waals surface area contributed by atoms with Gasteiger partial charge < -0.3 is 19.4 Å². The summed E-state index contributed by atoms with van der Waals surface area (Å²) in [6.07, 6.45) is -1.02. The lowest BCUT2D eigenvalue weighted by molar-refractivity contribution is -0.151. The number of nitrogens with zero attached hydrogens (tertiary/aromatic N) is 1. The quantitative estimate of drug-likeness (QED) is 0.663. The summed E-state index contributed by atoms with van der Waals surface area (Å²) in [5, 5.41) is 0. The standard InChI is InChI=1S/C18H26N2O5/c1-9-7-20(8-10(2)24-9)17(22)14(6)25-18(23)16-11(3)15(13(5)21)12(4)19-16/h9-10,14,19H,7-8H2,1-6H3/t9-,10+,14-/m0/s1. The second-order valence-electron chi connectivity index (χ2n) is 6.73. The molecule has 1 aromatic rings. The van der Waals surface area contributed by atoms with E-state index >= 15 is 0 Å². The van der Waals surface area contributed by atoms with E-state index in [0.29, 0.717) is 29.9 Å². The lowest BCUT2D eigenvalue weighted by Crippen LogP contribution is -2.51. The highest BCUT2D eigenvalue weighted by Crippen LogP contribution is 2.20. The summed E-state index contributed by atoms with van der Waals surface area (Å²) in [4.78, 5) is 41.2. The van der Waals surface area contributed by atoms with Crippen LogP contribution in [0.1, 0.15) is 59.8 Å². The van der Waals surface area contributed by atoms with Crippen molar-refractivity contribution in [3.05, 3.63) is 22.5 Å². The number of aromatic amines is 1. The van der Waals surface area contributed by atoms with Gasteiger partial charge in [0.2, 0.25) is 0 Å². The summed E-state index contributed by atoms with van der Waals surface area (Å²) in [5.74, 6) is -1.00. The van der Waals surface area contributed by atoms with Crippen molar-refractivity contribution in [3.63, 3.8) is 0 Å². The Hall–Kier alpha value is -2.15. The Morgan fingerprint density at radius 1 is 1.20 bits per heavy atom. The van der Waals surface area contributed by atoms with E-state index in [-0.39, 0.29) is 29.6 Å². The van der Waals surface area contributed by atoms with Crippen molar-refractivity contribution >= 4 is 17.7 Å². The summed E-state index contributed by atoms with van der Waals surface area (Å²) in [5.41, 5.74) is 1.86. The third-order valence-corrected chi connectivity index (χ3v) is 4.36. The van der Waals surface area contributed by atoms with E-state index in [1.165, 1.54) is 6.92 Å². The fourth-order valence-electron chi connectivity index (χ4n) is 3.37. The van der Waals surface area contributed by atoms with Gasteiger partial charge in [0, 0.05) is 24.3 Å². The lowest BCUT2D eigenvalue weighted by atomic mass is 10.1. The number of carbonyl (C=O) groups is 3. The van der Waals surface area contributed by atoms with Gasteiger partial charge in [0.15, 0.2) is 11.9 Å². The Balaban J connectivity index is 2.09. The maximum atomic E-state index is 12.6. The number of carbonyl (C=O) groups excluding carboxylic acids is 3. The molecule has 0 unspecified atom stereocenters. The summed E-state index contributed by atoms with van der Waals surface area (Å²) in [7, 11) is 0. The van der Waals surface area contributed by atoms with Gasteiger partial charge in [-0.15, -0.1) is 0 Å². The zero-order chi connectivity index (χ0) is 18.9. The Bertz CT molecular complexity index is 684. The van der Waals surface area contributed by atoms with Gasteiger partial charge in [-0.25, -0.2) is 4.79 Å². The molecule has 0 saturated carbocycles. The van der Waals surface area contributed by atoms with Gasteiger partial charge in [0.25, 0.3) is 5.91 Å². The van der Waals surface area contributed by atoms with Crippen LogP contribution in [0.3, 0.4) is 0 Å². The topological polar surface area (TPSA) is 88.7 Å². The van der Waals surface area contributed by atoms with Gasteiger partial charge in [-0.05, 0) is 47.1 Å². The summed E-state index contributed by atoms with van der Waals surface area (Å²) in [6, 6.07) is 0. The monoisotopic (exact) mass is 350 g/mol. The predicted octanol–water partition coefficient (Wildman–Crippen LogP) is 2.02. The molecule has 1 aromatic heterocycles. The molecule has 0 aliphatic carbocycles. The van der Waals surface area contributed by atoms with Crippen molar-refractivity contribution in [3.8, 4) is 0 Å². The first-order valence-corrected chi connectivity index (χ1v) is 8.47. The maximum absolute atomic E-state index is 12.6. The number of Topliss-reactive ketones (excluding diaryl/α,β-unsaturated/α-hetero) is 1. The molecule has 138 valence electrons. The second kappa shape index (κ2) is 7.39. The van der Waals surface area contributed by atoms with Gasteiger partial charge in [-0.1, -0.05) is 0 Å².